The van der Waals surface area contributed by atoms with E-state index in [9.17, 15) is 14.4 Å². The summed E-state index contributed by atoms with van der Waals surface area (Å²) in [7, 11) is 0. The van der Waals surface area contributed by atoms with Gasteiger partial charge in [-0.15, -0.1) is 0 Å². The predicted octanol–water partition coefficient (Wildman–Crippen LogP) is 1.90. The van der Waals surface area contributed by atoms with E-state index in [1.165, 1.54) is 24.8 Å². The molecule has 140 valence electrons. The lowest BCUT2D eigenvalue weighted by molar-refractivity contribution is -0.136. The zero-order valence-electron chi connectivity index (χ0n) is 15.1. The van der Waals surface area contributed by atoms with Gasteiger partial charge in [-0.1, -0.05) is 31.4 Å². The molecule has 1 aromatic rings. The van der Waals surface area contributed by atoms with Crippen molar-refractivity contribution in [2.45, 2.75) is 64.0 Å². The Balaban J connectivity index is 1.58. The van der Waals surface area contributed by atoms with E-state index in [2.05, 4.69) is 11.4 Å². The highest BCUT2D eigenvalue weighted by Crippen LogP contribution is 2.28. The molecule has 2 aliphatic rings. The molecule has 1 saturated heterocycles. The number of nitrogens with zero attached hydrogens (tertiary/aromatic N) is 1. The summed E-state index contributed by atoms with van der Waals surface area (Å²) in [6.45, 7) is 1.22. The summed E-state index contributed by atoms with van der Waals surface area (Å²) in [6.07, 6.45) is 7.51. The zero-order valence-corrected chi connectivity index (χ0v) is 15.1. The summed E-state index contributed by atoms with van der Waals surface area (Å²) in [6, 6.07) is 5.45. The smallest absolute Gasteiger partial charge is 0.255 e. The van der Waals surface area contributed by atoms with Crippen LogP contribution in [0.2, 0.25) is 0 Å². The van der Waals surface area contributed by atoms with Crippen molar-refractivity contribution < 1.29 is 14.4 Å². The highest BCUT2D eigenvalue weighted by atomic mass is 16.2. The van der Waals surface area contributed by atoms with Crippen molar-refractivity contribution in [3.63, 3.8) is 0 Å². The Morgan fingerprint density at radius 1 is 1.08 bits per heavy atom. The number of nitrogens with one attached hydrogen (secondary N) is 1. The Labute approximate surface area is 154 Å². The van der Waals surface area contributed by atoms with Gasteiger partial charge in [0.2, 0.25) is 11.8 Å². The molecule has 2 aliphatic heterocycles. The molecule has 0 aromatic heterocycles. The van der Waals surface area contributed by atoms with Gasteiger partial charge in [-0.05, 0) is 49.4 Å². The van der Waals surface area contributed by atoms with Gasteiger partial charge in [-0.2, -0.15) is 0 Å². The Bertz CT molecular complexity index is 702. The van der Waals surface area contributed by atoms with Gasteiger partial charge in [-0.25, -0.2) is 0 Å². The molecule has 6 heteroatoms. The van der Waals surface area contributed by atoms with Gasteiger partial charge < -0.3 is 10.6 Å². The average molecular weight is 357 g/mol. The third-order valence-corrected chi connectivity index (χ3v) is 5.26. The molecule has 6 nitrogen and oxygen atoms in total. The van der Waals surface area contributed by atoms with Crippen molar-refractivity contribution in [1.29, 1.82) is 0 Å². The lowest BCUT2D eigenvalue weighted by atomic mass is 10.0. The molecule has 0 bridgehead atoms. The molecular formula is C20H27N3O3. The number of aryl methyl sites for hydroxylation is 1. The predicted molar refractivity (Wildman–Crippen MR) is 98.3 cm³/mol. The molecule has 1 aromatic carbocycles. The fourth-order valence-corrected chi connectivity index (χ4v) is 3.79. The van der Waals surface area contributed by atoms with Crippen LogP contribution in [0.15, 0.2) is 18.2 Å². The van der Waals surface area contributed by atoms with E-state index < -0.39 is 6.04 Å². The number of amides is 3. The molecule has 3 amide bonds. The van der Waals surface area contributed by atoms with Crippen LogP contribution in [0.5, 0.6) is 0 Å². The van der Waals surface area contributed by atoms with Crippen LogP contribution < -0.4 is 11.1 Å². The van der Waals surface area contributed by atoms with Gasteiger partial charge in [-0.3, -0.25) is 19.7 Å². The molecule has 0 saturated carbocycles. The van der Waals surface area contributed by atoms with Gasteiger partial charge >= 0.3 is 0 Å². The van der Waals surface area contributed by atoms with E-state index in [4.69, 9.17) is 5.73 Å². The first-order chi connectivity index (χ1) is 12.6. The maximum Gasteiger partial charge on any atom is 0.255 e. The SMILES string of the molecule is NCCCCCCCc1ccc2c(c1)CN(C1CCC(=O)NC1=O)C2=O. The summed E-state index contributed by atoms with van der Waals surface area (Å²) in [4.78, 5) is 37.6. The van der Waals surface area contributed by atoms with Crippen LogP contribution in [0, 0.1) is 0 Å². The van der Waals surface area contributed by atoms with Crippen molar-refractivity contribution in [3.05, 3.63) is 34.9 Å². The molecule has 0 spiro atoms. The number of hydrogen-bond donors (Lipinski definition) is 2. The monoisotopic (exact) mass is 357 g/mol. The van der Waals surface area contributed by atoms with Crippen molar-refractivity contribution in [1.82, 2.24) is 10.2 Å². The number of carbonyl (C=O) groups excluding carboxylic acids is 3. The first-order valence-corrected chi connectivity index (χ1v) is 9.56. The second-order valence-corrected chi connectivity index (χ2v) is 7.20. The van der Waals surface area contributed by atoms with Crippen molar-refractivity contribution in [2.75, 3.05) is 6.54 Å². The Morgan fingerprint density at radius 2 is 1.85 bits per heavy atom. The van der Waals surface area contributed by atoms with Gasteiger partial charge in [0.1, 0.15) is 6.04 Å². The minimum Gasteiger partial charge on any atom is -0.330 e. The van der Waals surface area contributed by atoms with Gasteiger partial charge in [0.15, 0.2) is 0 Å². The zero-order chi connectivity index (χ0) is 18.5. The van der Waals surface area contributed by atoms with E-state index >= 15 is 0 Å². The first kappa shape index (κ1) is 18.6. The van der Waals surface area contributed by atoms with Crippen molar-refractivity contribution in [2.24, 2.45) is 5.73 Å². The standard InChI is InChI=1S/C20H27N3O3/c21-11-5-3-1-2-4-6-14-7-8-16-15(12-14)13-23(20(16)26)17-9-10-18(24)22-19(17)25/h7-8,12,17H,1-6,9-11,13,21H2,(H,22,24,25). The maximum absolute atomic E-state index is 12.6. The highest BCUT2D eigenvalue weighted by Gasteiger charge is 2.38. The Morgan fingerprint density at radius 3 is 2.62 bits per heavy atom. The largest absolute Gasteiger partial charge is 0.330 e. The summed E-state index contributed by atoms with van der Waals surface area (Å²) >= 11 is 0. The summed E-state index contributed by atoms with van der Waals surface area (Å²) in [5, 5.41) is 2.33. The summed E-state index contributed by atoms with van der Waals surface area (Å²) in [5.41, 5.74) is 8.41. The lowest BCUT2D eigenvalue weighted by Crippen LogP contribution is -2.52. The molecule has 1 fully saturated rings. The van der Waals surface area contributed by atoms with E-state index in [1.54, 1.807) is 4.90 Å². The number of carbonyl (C=O) groups is 3. The molecule has 0 radical (unpaired) electrons. The Kier molecular flexibility index (Phi) is 6.04. The molecule has 0 aliphatic carbocycles. The number of hydrogen-bond acceptors (Lipinski definition) is 4. The van der Waals surface area contributed by atoms with E-state index in [0.29, 0.717) is 18.5 Å². The number of unbranched alkanes of at least 4 members (excludes halogenated alkanes) is 4. The number of nitrogens with two attached hydrogens (primary N) is 1. The Hall–Kier alpha value is -2.21. The topological polar surface area (TPSA) is 92.5 Å². The highest BCUT2D eigenvalue weighted by molar-refractivity contribution is 6.05. The van der Waals surface area contributed by atoms with Crippen LogP contribution in [0.3, 0.4) is 0 Å². The van der Waals surface area contributed by atoms with Crippen LogP contribution in [0.25, 0.3) is 0 Å². The molecule has 3 rings (SSSR count). The van der Waals surface area contributed by atoms with Crippen LogP contribution in [0.4, 0.5) is 0 Å². The second kappa shape index (κ2) is 8.45. The molecular weight excluding hydrogens is 330 g/mol. The fourth-order valence-electron chi connectivity index (χ4n) is 3.79. The van der Waals surface area contributed by atoms with Crippen LogP contribution in [0.1, 0.15) is 66.4 Å². The number of benzene rings is 1. The molecule has 2 heterocycles. The van der Waals surface area contributed by atoms with E-state index in [0.717, 1.165) is 31.4 Å². The lowest BCUT2D eigenvalue weighted by Gasteiger charge is -2.29. The minimum absolute atomic E-state index is 0.108. The molecule has 1 atom stereocenters. The molecule has 1 unspecified atom stereocenters. The molecule has 26 heavy (non-hydrogen) atoms. The fraction of sp³-hybridized carbons (Fsp3) is 0.550. The molecule has 3 N–H and O–H groups in total. The third-order valence-electron chi connectivity index (χ3n) is 5.26. The maximum atomic E-state index is 12.6. The number of piperidine rings is 1. The van der Waals surface area contributed by atoms with Crippen molar-refractivity contribution in [3.8, 4) is 0 Å². The quantitative estimate of drug-likeness (QED) is 0.549. The van der Waals surface area contributed by atoms with E-state index in [1.807, 2.05) is 12.1 Å². The van der Waals surface area contributed by atoms with Crippen molar-refractivity contribution >= 4 is 17.7 Å². The second-order valence-electron chi connectivity index (χ2n) is 7.20. The normalized spacial score (nSPS) is 19.7. The number of rotatable bonds is 8. The summed E-state index contributed by atoms with van der Waals surface area (Å²) in [5.74, 6) is -0.730. The first-order valence-electron chi connectivity index (χ1n) is 9.56. The van der Waals surface area contributed by atoms with Gasteiger partial charge in [0.05, 0.1) is 0 Å². The summed E-state index contributed by atoms with van der Waals surface area (Å²) < 4.78 is 0. The average Bonchev–Trinajstić information content (AvgIpc) is 2.94. The number of fused-ring (bicyclic) bond motifs is 1. The number of imide groups is 1. The van der Waals surface area contributed by atoms with Crippen LogP contribution >= 0.6 is 0 Å². The van der Waals surface area contributed by atoms with Crippen LogP contribution in [-0.2, 0) is 22.6 Å². The minimum atomic E-state index is -0.543. The van der Waals surface area contributed by atoms with Gasteiger partial charge in [0, 0.05) is 18.5 Å². The van der Waals surface area contributed by atoms with Gasteiger partial charge in [0.25, 0.3) is 5.91 Å². The van der Waals surface area contributed by atoms with E-state index in [-0.39, 0.29) is 24.1 Å². The van der Waals surface area contributed by atoms with Crippen LogP contribution in [-0.4, -0.2) is 35.2 Å². The third kappa shape index (κ3) is 4.12.